The second-order valence-electron chi connectivity index (χ2n) is 5.31. The fraction of sp³-hybridized carbons (Fsp3) is 0.615. The molecule has 0 aliphatic carbocycles. The van der Waals surface area contributed by atoms with Gasteiger partial charge in [0.1, 0.15) is 6.26 Å². The number of alkyl halides is 3. The van der Waals surface area contributed by atoms with E-state index in [0.29, 0.717) is 12.8 Å². The molecule has 10 heteroatoms. The summed E-state index contributed by atoms with van der Waals surface area (Å²) in [7, 11) is -4.34. The number of halogens is 3. The molecule has 0 radical (unpaired) electrons. The van der Waals surface area contributed by atoms with Gasteiger partial charge in [0.05, 0.1) is 12.9 Å². The van der Waals surface area contributed by atoms with E-state index in [2.05, 4.69) is 0 Å². The zero-order valence-electron chi connectivity index (χ0n) is 12.1. The van der Waals surface area contributed by atoms with Crippen LogP contribution in [-0.4, -0.2) is 44.3 Å². The quantitative estimate of drug-likeness (QED) is 0.802. The molecule has 0 atom stereocenters. The molecule has 0 unspecified atom stereocenters. The van der Waals surface area contributed by atoms with Crippen LogP contribution in [0.5, 0.6) is 5.75 Å². The normalized spacial score (nSPS) is 18.0. The van der Waals surface area contributed by atoms with E-state index >= 15 is 0 Å². The van der Waals surface area contributed by atoms with Gasteiger partial charge in [-0.25, -0.2) is 12.7 Å². The molecule has 130 valence electrons. The van der Waals surface area contributed by atoms with Crippen molar-refractivity contribution in [3.8, 4) is 5.75 Å². The minimum Gasteiger partial charge on any atom is -0.486 e. The molecule has 1 aliphatic heterocycles. The Labute approximate surface area is 130 Å². The van der Waals surface area contributed by atoms with Gasteiger partial charge in [-0.1, -0.05) is 0 Å². The second kappa shape index (κ2) is 6.91. The van der Waals surface area contributed by atoms with Gasteiger partial charge in [0, 0.05) is 19.2 Å². The predicted octanol–water partition coefficient (Wildman–Crippen LogP) is 1.62. The summed E-state index contributed by atoms with van der Waals surface area (Å²) in [6.07, 6.45) is -1.62. The Kier molecular flexibility index (Phi) is 5.35. The first-order valence-electron chi connectivity index (χ1n) is 6.91. The van der Waals surface area contributed by atoms with Crippen LogP contribution in [0.1, 0.15) is 12.8 Å². The van der Waals surface area contributed by atoms with Gasteiger partial charge < -0.3 is 9.15 Å². The summed E-state index contributed by atoms with van der Waals surface area (Å²) in [5.41, 5.74) is -0.332. The van der Waals surface area contributed by atoms with Crippen molar-refractivity contribution >= 4 is 10.0 Å². The number of hydrogen-bond donors (Lipinski definition) is 0. The molecule has 1 aromatic heterocycles. The third-order valence-corrected chi connectivity index (χ3v) is 5.35. The summed E-state index contributed by atoms with van der Waals surface area (Å²) in [5, 5.41) is 0. The van der Waals surface area contributed by atoms with Crippen LogP contribution in [0.3, 0.4) is 0 Å². The van der Waals surface area contributed by atoms with Gasteiger partial charge >= 0.3 is 6.18 Å². The first kappa shape index (κ1) is 17.8. The van der Waals surface area contributed by atoms with Crippen molar-refractivity contribution in [2.75, 3.05) is 25.4 Å². The van der Waals surface area contributed by atoms with E-state index in [-0.39, 0.29) is 36.8 Å². The lowest BCUT2D eigenvalue weighted by atomic mass is 9.99. The number of piperidine rings is 1. The maximum Gasteiger partial charge on any atom is 0.404 e. The molecule has 1 aromatic rings. The lowest BCUT2D eigenvalue weighted by Gasteiger charge is -2.31. The molecule has 0 aromatic carbocycles. The van der Waals surface area contributed by atoms with E-state index in [1.54, 1.807) is 0 Å². The first-order chi connectivity index (χ1) is 10.7. The lowest BCUT2D eigenvalue weighted by molar-refractivity contribution is -0.107. The Morgan fingerprint density at radius 1 is 1.30 bits per heavy atom. The first-order valence-corrected chi connectivity index (χ1v) is 8.52. The molecule has 0 spiro atoms. The number of hydrogen-bond acceptors (Lipinski definition) is 5. The third kappa shape index (κ3) is 5.24. The maximum atomic E-state index is 12.3. The van der Waals surface area contributed by atoms with E-state index < -0.39 is 22.0 Å². The highest BCUT2D eigenvalue weighted by molar-refractivity contribution is 7.89. The molecule has 0 saturated carbocycles. The van der Waals surface area contributed by atoms with Crippen LogP contribution in [-0.2, 0) is 10.0 Å². The van der Waals surface area contributed by atoms with Crippen molar-refractivity contribution in [3.63, 3.8) is 0 Å². The minimum atomic E-state index is -4.75. The number of rotatable bonds is 5. The van der Waals surface area contributed by atoms with Crippen molar-refractivity contribution in [2.45, 2.75) is 19.0 Å². The maximum absolute atomic E-state index is 12.3. The highest BCUT2D eigenvalue weighted by Gasteiger charge is 2.39. The van der Waals surface area contributed by atoms with Crippen molar-refractivity contribution < 1.29 is 30.7 Å². The average Bonchev–Trinajstić information content (AvgIpc) is 2.44. The van der Waals surface area contributed by atoms with Crippen LogP contribution in [0.15, 0.2) is 27.8 Å². The van der Waals surface area contributed by atoms with Crippen LogP contribution in [0, 0.1) is 5.92 Å². The van der Waals surface area contributed by atoms with Gasteiger partial charge in [0.15, 0.2) is 5.75 Å². The minimum absolute atomic E-state index is 0.00976. The predicted molar refractivity (Wildman–Crippen MR) is 74.6 cm³/mol. The largest absolute Gasteiger partial charge is 0.486 e. The van der Waals surface area contributed by atoms with Gasteiger partial charge in [-0.2, -0.15) is 13.2 Å². The van der Waals surface area contributed by atoms with Crippen LogP contribution in [0.25, 0.3) is 0 Å². The molecule has 2 heterocycles. The highest BCUT2D eigenvalue weighted by Crippen LogP contribution is 2.24. The molecular weight excluding hydrogens is 339 g/mol. The smallest absolute Gasteiger partial charge is 0.404 e. The zero-order chi connectivity index (χ0) is 17.1. The molecule has 1 fully saturated rings. The van der Waals surface area contributed by atoms with Crippen LogP contribution in [0.4, 0.5) is 13.2 Å². The van der Waals surface area contributed by atoms with E-state index in [0.717, 1.165) is 4.31 Å². The van der Waals surface area contributed by atoms with E-state index in [4.69, 9.17) is 9.15 Å². The van der Waals surface area contributed by atoms with Crippen molar-refractivity contribution in [1.82, 2.24) is 4.31 Å². The van der Waals surface area contributed by atoms with Gasteiger partial charge in [0.2, 0.25) is 21.2 Å². The van der Waals surface area contributed by atoms with Crippen molar-refractivity contribution in [2.24, 2.45) is 5.92 Å². The molecule has 6 nitrogen and oxygen atoms in total. The molecule has 1 saturated heterocycles. The Morgan fingerprint density at radius 2 is 1.96 bits per heavy atom. The summed E-state index contributed by atoms with van der Waals surface area (Å²) in [6.45, 7) is 0.202. The number of ether oxygens (including phenoxy) is 1. The monoisotopic (exact) mass is 355 g/mol. The fourth-order valence-corrected chi connectivity index (χ4v) is 3.67. The zero-order valence-corrected chi connectivity index (χ0v) is 12.9. The number of sulfonamides is 1. The van der Waals surface area contributed by atoms with Crippen molar-refractivity contribution in [3.05, 3.63) is 28.8 Å². The molecule has 0 bridgehead atoms. The number of nitrogens with zero attached hydrogens (tertiary/aromatic N) is 1. The van der Waals surface area contributed by atoms with Gasteiger partial charge in [-0.05, 0) is 18.8 Å². The molecule has 23 heavy (non-hydrogen) atoms. The van der Waals surface area contributed by atoms with Crippen molar-refractivity contribution in [1.29, 1.82) is 0 Å². The van der Waals surface area contributed by atoms with Gasteiger partial charge in [-0.3, -0.25) is 4.79 Å². The summed E-state index contributed by atoms with van der Waals surface area (Å²) in [5.74, 6) is -1.82. The second-order valence-corrected chi connectivity index (χ2v) is 7.28. The fourth-order valence-electron chi connectivity index (χ4n) is 2.31. The molecular formula is C13H16F3NO5S. The molecule has 0 amide bonds. The summed E-state index contributed by atoms with van der Waals surface area (Å²) >= 11 is 0. The summed E-state index contributed by atoms with van der Waals surface area (Å²) in [4.78, 5) is 11.4. The van der Waals surface area contributed by atoms with Crippen LogP contribution in [0.2, 0.25) is 0 Å². The Bertz CT molecular complexity index is 677. The van der Waals surface area contributed by atoms with E-state index in [9.17, 15) is 26.4 Å². The highest BCUT2D eigenvalue weighted by atomic mass is 32.2. The average molecular weight is 355 g/mol. The Hall–Kier alpha value is -1.55. The SMILES string of the molecule is O=c1ccocc1OCC1CCN(S(=O)(=O)CC(F)(F)F)CC1. The van der Waals surface area contributed by atoms with E-state index in [1.807, 2.05) is 0 Å². The van der Waals surface area contributed by atoms with Crippen LogP contribution >= 0.6 is 0 Å². The lowest BCUT2D eigenvalue weighted by Crippen LogP contribution is -2.43. The molecule has 2 rings (SSSR count). The van der Waals surface area contributed by atoms with Gasteiger partial charge in [0.25, 0.3) is 0 Å². The topological polar surface area (TPSA) is 76.8 Å². The van der Waals surface area contributed by atoms with Gasteiger partial charge in [-0.15, -0.1) is 0 Å². The van der Waals surface area contributed by atoms with Crippen LogP contribution < -0.4 is 10.2 Å². The standard InChI is InChI=1S/C13H16F3NO5S/c14-13(15,16)9-23(19,20)17-4-1-10(2-5-17)7-22-12-8-21-6-3-11(12)18/h3,6,8,10H,1-2,4-5,7,9H2. The molecule has 1 aliphatic rings. The third-order valence-electron chi connectivity index (χ3n) is 3.50. The summed E-state index contributed by atoms with van der Waals surface area (Å²) in [6, 6.07) is 1.21. The summed E-state index contributed by atoms with van der Waals surface area (Å²) < 4.78 is 71.1. The van der Waals surface area contributed by atoms with E-state index in [1.165, 1.54) is 18.6 Å². The molecule has 0 N–H and O–H groups in total. The Morgan fingerprint density at radius 3 is 2.52 bits per heavy atom. The Balaban J connectivity index is 1.84.